The van der Waals surface area contributed by atoms with Crippen molar-refractivity contribution in [3.63, 3.8) is 0 Å². The number of fused-ring (bicyclic) bond motifs is 15. The van der Waals surface area contributed by atoms with E-state index in [1.54, 1.807) is 0 Å². The van der Waals surface area contributed by atoms with Crippen molar-refractivity contribution in [2.75, 3.05) is 4.81 Å². The topological polar surface area (TPSA) is 8.17 Å². The average Bonchev–Trinajstić information content (AvgIpc) is 3.75. The number of aromatic nitrogens is 1. The summed E-state index contributed by atoms with van der Waals surface area (Å²) in [5.74, 6) is 0. The molecular weight excluding hydrogens is 759 g/mol. The Morgan fingerprint density at radius 3 is 1.79 bits per heavy atom. The van der Waals surface area contributed by atoms with E-state index >= 15 is 0 Å². The van der Waals surface area contributed by atoms with E-state index in [0.717, 1.165) is 0 Å². The molecule has 4 aliphatic rings. The third-order valence-corrected chi connectivity index (χ3v) is 15.5. The molecule has 13 rings (SSSR count). The molecule has 0 saturated carbocycles. The number of rotatable bonds is 2. The Morgan fingerprint density at radius 2 is 1.10 bits per heavy atom. The summed E-state index contributed by atoms with van der Waals surface area (Å²) in [4.78, 5) is 2.79. The lowest BCUT2D eigenvalue weighted by molar-refractivity contribution is 0.590. The van der Waals surface area contributed by atoms with E-state index < -0.39 is 5.41 Å². The lowest BCUT2D eigenvalue weighted by Gasteiger charge is -2.52. The Hall–Kier alpha value is -6.58. The van der Waals surface area contributed by atoms with Crippen molar-refractivity contribution in [3.8, 4) is 27.9 Å². The van der Waals surface area contributed by atoms with Gasteiger partial charge in [-0.25, -0.2) is 0 Å². The van der Waals surface area contributed by atoms with Gasteiger partial charge in [0.15, 0.2) is 0 Å². The van der Waals surface area contributed by atoms with Gasteiger partial charge in [0.1, 0.15) is 0 Å². The van der Waals surface area contributed by atoms with Crippen molar-refractivity contribution in [3.05, 3.63) is 208 Å². The summed E-state index contributed by atoms with van der Waals surface area (Å²) in [6.07, 6.45) is 0. The second kappa shape index (κ2) is 12.1. The first-order valence-corrected chi connectivity index (χ1v) is 22.9. The van der Waals surface area contributed by atoms with Crippen molar-refractivity contribution >= 4 is 51.0 Å². The SMILES string of the molecule is CC(C)(C)c1ccc2c(c1)B1c3c(c4c(c5c6cc(C(C)(C)C)ccc6n-2c35)-c2ccccc2C4(C)C)-c2cccc3c2N1c1ccccc1C3(c1ccccc1)c1ccccc1. The number of benzene rings is 8. The van der Waals surface area contributed by atoms with Crippen LogP contribution in [0.5, 0.6) is 0 Å². The predicted octanol–water partition coefficient (Wildman–Crippen LogP) is 13.6. The lowest BCUT2D eigenvalue weighted by atomic mass is 9.41. The fraction of sp³-hybridized carbons (Fsp3) is 0.200. The molecule has 304 valence electrons. The fourth-order valence-corrected chi connectivity index (χ4v) is 12.7. The van der Waals surface area contributed by atoms with Crippen LogP contribution < -0.4 is 15.7 Å². The van der Waals surface area contributed by atoms with Crippen LogP contribution in [0.4, 0.5) is 11.4 Å². The van der Waals surface area contributed by atoms with Gasteiger partial charge in [-0.2, -0.15) is 0 Å². The molecule has 0 saturated heterocycles. The summed E-state index contributed by atoms with van der Waals surface area (Å²) < 4.78 is 2.67. The first kappa shape index (κ1) is 37.0. The number of para-hydroxylation sites is 2. The summed E-state index contributed by atoms with van der Waals surface area (Å²) in [5, 5.41) is 2.74. The van der Waals surface area contributed by atoms with E-state index in [0.29, 0.717) is 0 Å². The molecule has 0 amide bonds. The maximum absolute atomic E-state index is 2.79. The molecule has 0 bridgehead atoms. The van der Waals surface area contributed by atoms with E-state index in [4.69, 9.17) is 0 Å². The molecule has 3 heteroatoms. The average molecular weight is 811 g/mol. The van der Waals surface area contributed by atoms with Crippen LogP contribution in [0.15, 0.2) is 164 Å². The summed E-state index contributed by atoms with van der Waals surface area (Å²) >= 11 is 0. The summed E-state index contributed by atoms with van der Waals surface area (Å²) in [5.41, 5.74) is 24.8. The highest BCUT2D eigenvalue weighted by Crippen LogP contribution is 2.63. The highest BCUT2D eigenvalue weighted by molar-refractivity contribution is 6.94. The van der Waals surface area contributed by atoms with Gasteiger partial charge in [0, 0.05) is 38.8 Å². The maximum Gasteiger partial charge on any atom is 0.333 e. The number of nitrogens with zero attached hydrogens (tertiary/aromatic N) is 2. The van der Waals surface area contributed by atoms with E-state index in [1.807, 2.05) is 0 Å². The molecular formula is C60H51BN2. The predicted molar refractivity (Wildman–Crippen MR) is 267 cm³/mol. The zero-order valence-corrected chi connectivity index (χ0v) is 37.6. The molecule has 4 heterocycles. The minimum atomic E-state index is -0.562. The van der Waals surface area contributed by atoms with Crippen molar-refractivity contribution in [1.29, 1.82) is 0 Å². The number of hydrogen-bond donors (Lipinski definition) is 0. The van der Waals surface area contributed by atoms with Gasteiger partial charge in [-0.05, 0) is 107 Å². The van der Waals surface area contributed by atoms with Gasteiger partial charge in [-0.3, -0.25) is 0 Å². The van der Waals surface area contributed by atoms with Crippen LogP contribution in [0.1, 0.15) is 99.9 Å². The minimum absolute atomic E-state index is 0.00371. The Balaban J connectivity index is 1.30. The molecule has 0 fully saturated rings. The van der Waals surface area contributed by atoms with Gasteiger partial charge >= 0.3 is 6.85 Å². The quantitative estimate of drug-likeness (QED) is 0.158. The van der Waals surface area contributed by atoms with Crippen molar-refractivity contribution in [2.24, 2.45) is 0 Å². The molecule has 0 unspecified atom stereocenters. The molecule has 9 aromatic rings. The first-order chi connectivity index (χ1) is 30.3. The minimum Gasteiger partial charge on any atom is -0.376 e. The second-order valence-corrected chi connectivity index (χ2v) is 21.2. The molecule has 3 aliphatic heterocycles. The smallest absolute Gasteiger partial charge is 0.333 e. The number of hydrogen-bond acceptors (Lipinski definition) is 1. The molecule has 1 aliphatic carbocycles. The summed E-state index contributed by atoms with van der Waals surface area (Å²) in [6, 6.07) is 63.3. The fourth-order valence-electron chi connectivity index (χ4n) is 12.7. The Labute approximate surface area is 372 Å². The lowest BCUT2D eigenvalue weighted by Crippen LogP contribution is -2.63. The van der Waals surface area contributed by atoms with Gasteiger partial charge in [-0.1, -0.05) is 195 Å². The van der Waals surface area contributed by atoms with Crippen molar-refractivity contribution < 1.29 is 0 Å². The van der Waals surface area contributed by atoms with E-state index in [2.05, 4.69) is 229 Å². The first-order valence-electron chi connectivity index (χ1n) is 22.9. The molecule has 0 N–H and O–H groups in total. The standard InChI is InChI=1S/C60H51BN2/c1-57(2,3)38-30-32-47-42(34-38)51-50-40-24-15-16-26-43(40)59(7,8)53(50)52-41-25-19-28-45-55(41)63(61-46-35-39(58(4,5)6)31-33-49(46)62(47)56(51)54(52)61)48-29-18-17-27-44(48)60(45,36-20-11-9-12-21-36)37-22-13-10-14-23-37/h9-35H,1-8H3. The highest BCUT2D eigenvalue weighted by atomic mass is 15.1. The second-order valence-electron chi connectivity index (χ2n) is 21.2. The van der Waals surface area contributed by atoms with Crippen molar-refractivity contribution in [2.45, 2.75) is 77.0 Å². The zero-order valence-electron chi connectivity index (χ0n) is 37.6. The van der Waals surface area contributed by atoms with Crippen LogP contribution in [0.2, 0.25) is 0 Å². The van der Waals surface area contributed by atoms with Crippen LogP contribution in [-0.2, 0) is 21.7 Å². The van der Waals surface area contributed by atoms with Gasteiger partial charge in [0.05, 0.1) is 16.4 Å². The van der Waals surface area contributed by atoms with Crippen LogP contribution >= 0.6 is 0 Å². The van der Waals surface area contributed by atoms with Crippen LogP contribution in [0.25, 0.3) is 49.7 Å². The molecule has 1 aromatic heterocycles. The molecule has 0 atom stereocenters. The van der Waals surface area contributed by atoms with Crippen molar-refractivity contribution in [1.82, 2.24) is 4.57 Å². The molecule has 0 radical (unpaired) electrons. The largest absolute Gasteiger partial charge is 0.376 e. The molecule has 63 heavy (non-hydrogen) atoms. The third kappa shape index (κ3) is 4.50. The Bertz CT molecular complexity index is 3410. The highest BCUT2D eigenvalue weighted by Gasteiger charge is 2.55. The van der Waals surface area contributed by atoms with E-state index in [-0.39, 0.29) is 23.1 Å². The maximum atomic E-state index is 2.79. The molecule has 2 nitrogen and oxygen atoms in total. The van der Waals surface area contributed by atoms with Gasteiger partial charge in [0.2, 0.25) is 0 Å². The molecule has 0 spiro atoms. The monoisotopic (exact) mass is 810 g/mol. The normalized spacial score (nSPS) is 15.8. The molecule has 8 aromatic carbocycles. The van der Waals surface area contributed by atoms with E-state index in [1.165, 1.54) is 117 Å². The van der Waals surface area contributed by atoms with Gasteiger partial charge in [0.25, 0.3) is 0 Å². The number of anilines is 2. The Morgan fingerprint density at radius 1 is 0.508 bits per heavy atom. The van der Waals surface area contributed by atoms with Gasteiger partial charge in [-0.15, -0.1) is 0 Å². The third-order valence-electron chi connectivity index (χ3n) is 15.5. The summed E-state index contributed by atoms with van der Waals surface area (Å²) in [7, 11) is 0. The van der Waals surface area contributed by atoms with Crippen LogP contribution in [0.3, 0.4) is 0 Å². The van der Waals surface area contributed by atoms with Crippen LogP contribution in [-0.4, -0.2) is 11.4 Å². The Kier molecular flexibility index (Phi) is 7.12. The van der Waals surface area contributed by atoms with Gasteiger partial charge < -0.3 is 9.38 Å². The summed E-state index contributed by atoms with van der Waals surface area (Å²) in [6.45, 7) is 19.0. The van der Waals surface area contributed by atoms with E-state index in [9.17, 15) is 0 Å². The van der Waals surface area contributed by atoms with Crippen LogP contribution in [0, 0.1) is 0 Å². The zero-order chi connectivity index (χ0) is 42.9.